The number of anilines is 1. The summed E-state index contributed by atoms with van der Waals surface area (Å²) in [7, 11) is 3.77. The number of nitrogens with zero attached hydrogens (tertiary/aromatic N) is 4. The maximum absolute atomic E-state index is 11.9. The summed E-state index contributed by atoms with van der Waals surface area (Å²) in [5.41, 5.74) is 4.30. The lowest BCUT2D eigenvalue weighted by Crippen LogP contribution is -2.24. The molecule has 0 aromatic carbocycles. The van der Waals surface area contributed by atoms with Crippen LogP contribution < -0.4 is 5.32 Å². The molecule has 2 aromatic rings. The molecule has 3 rings (SSSR count). The molecular formula is C13H17N5O. The van der Waals surface area contributed by atoms with Gasteiger partial charge in [0.1, 0.15) is 5.82 Å². The van der Waals surface area contributed by atoms with Gasteiger partial charge in [0, 0.05) is 43.3 Å². The van der Waals surface area contributed by atoms with E-state index in [1.54, 1.807) is 4.68 Å². The molecule has 0 aliphatic carbocycles. The molecule has 1 aliphatic rings. The minimum atomic E-state index is 0.0313. The number of fused-ring (bicyclic) bond motifs is 1. The first-order chi connectivity index (χ1) is 8.99. The summed E-state index contributed by atoms with van der Waals surface area (Å²) in [6, 6.07) is 0. The van der Waals surface area contributed by atoms with Gasteiger partial charge in [-0.3, -0.25) is 14.2 Å². The summed E-state index contributed by atoms with van der Waals surface area (Å²) in [4.78, 5) is 11.9. The van der Waals surface area contributed by atoms with E-state index in [0.717, 1.165) is 28.3 Å². The van der Waals surface area contributed by atoms with E-state index in [0.29, 0.717) is 6.42 Å². The lowest BCUT2D eigenvalue weighted by atomic mass is 9.86. The van der Waals surface area contributed by atoms with Gasteiger partial charge in [0.15, 0.2) is 0 Å². The normalized spacial score (nSPS) is 18.3. The first-order valence-electron chi connectivity index (χ1n) is 6.31. The van der Waals surface area contributed by atoms with Gasteiger partial charge < -0.3 is 5.32 Å². The van der Waals surface area contributed by atoms with Gasteiger partial charge in [0.05, 0.1) is 11.9 Å². The molecule has 0 radical (unpaired) electrons. The molecule has 6 nitrogen and oxygen atoms in total. The predicted octanol–water partition coefficient (Wildman–Crippen LogP) is 1.24. The zero-order valence-electron chi connectivity index (χ0n) is 11.6. The van der Waals surface area contributed by atoms with Crippen molar-refractivity contribution in [2.75, 3.05) is 5.32 Å². The van der Waals surface area contributed by atoms with Crippen molar-refractivity contribution in [3.63, 3.8) is 0 Å². The topological polar surface area (TPSA) is 64.7 Å². The number of hydrogen-bond donors (Lipinski definition) is 1. The molecule has 0 fully saturated rings. The fourth-order valence-electron chi connectivity index (χ4n) is 2.89. The number of carbonyl (C=O) groups excluding carboxylic acids is 1. The lowest BCUT2D eigenvalue weighted by Gasteiger charge is -2.23. The Morgan fingerprint density at radius 1 is 1.32 bits per heavy atom. The van der Waals surface area contributed by atoms with Crippen LogP contribution >= 0.6 is 0 Å². The number of hydrogen-bond acceptors (Lipinski definition) is 3. The molecule has 1 amide bonds. The van der Waals surface area contributed by atoms with Gasteiger partial charge in [0.25, 0.3) is 0 Å². The third-order valence-corrected chi connectivity index (χ3v) is 3.90. The van der Waals surface area contributed by atoms with Gasteiger partial charge in [-0.15, -0.1) is 0 Å². The van der Waals surface area contributed by atoms with E-state index in [9.17, 15) is 4.79 Å². The van der Waals surface area contributed by atoms with Crippen molar-refractivity contribution >= 4 is 11.7 Å². The summed E-state index contributed by atoms with van der Waals surface area (Å²) < 4.78 is 3.58. The molecule has 1 aliphatic heterocycles. The van der Waals surface area contributed by atoms with E-state index in [-0.39, 0.29) is 11.8 Å². The molecule has 19 heavy (non-hydrogen) atoms. The SMILES string of the molecule is Cc1nn(C)c(C)c1[C@@H]1CC(=O)Nc2c1cnn2C. The van der Waals surface area contributed by atoms with Crippen molar-refractivity contribution in [2.24, 2.45) is 14.1 Å². The van der Waals surface area contributed by atoms with Crippen LogP contribution in [0.3, 0.4) is 0 Å². The monoisotopic (exact) mass is 259 g/mol. The quantitative estimate of drug-likeness (QED) is 0.838. The van der Waals surface area contributed by atoms with Crippen LogP contribution in [0, 0.1) is 13.8 Å². The summed E-state index contributed by atoms with van der Waals surface area (Å²) >= 11 is 0. The molecular weight excluding hydrogens is 242 g/mol. The highest BCUT2D eigenvalue weighted by Crippen LogP contribution is 2.39. The number of carbonyl (C=O) groups is 1. The van der Waals surface area contributed by atoms with Crippen molar-refractivity contribution in [3.05, 3.63) is 28.7 Å². The fraction of sp³-hybridized carbons (Fsp3) is 0.462. The number of rotatable bonds is 1. The number of nitrogens with one attached hydrogen (secondary N) is 1. The highest BCUT2D eigenvalue weighted by atomic mass is 16.1. The number of amides is 1. The van der Waals surface area contributed by atoms with Gasteiger partial charge in [-0.25, -0.2) is 0 Å². The molecule has 3 heterocycles. The Bertz CT molecular complexity index is 667. The average molecular weight is 259 g/mol. The maximum Gasteiger partial charge on any atom is 0.226 e. The van der Waals surface area contributed by atoms with Gasteiger partial charge in [-0.05, 0) is 13.8 Å². The van der Waals surface area contributed by atoms with E-state index in [1.807, 2.05) is 38.8 Å². The molecule has 0 saturated heterocycles. The van der Waals surface area contributed by atoms with Crippen LogP contribution in [0.4, 0.5) is 5.82 Å². The van der Waals surface area contributed by atoms with E-state index in [1.165, 1.54) is 0 Å². The van der Waals surface area contributed by atoms with Gasteiger partial charge >= 0.3 is 0 Å². The minimum Gasteiger partial charge on any atom is -0.311 e. The fourth-order valence-corrected chi connectivity index (χ4v) is 2.89. The van der Waals surface area contributed by atoms with Crippen molar-refractivity contribution in [1.82, 2.24) is 19.6 Å². The van der Waals surface area contributed by atoms with Crippen LogP contribution in [0.2, 0.25) is 0 Å². The van der Waals surface area contributed by atoms with Crippen molar-refractivity contribution in [2.45, 2.75) is 26.2 Å². The first kappa shape index (κ1) is 12.0. The van der Waals surface area contributed by atoms with E-state index in [4.69, 9.17) is 0 Å². The van der Waals surface area contributed by atoms with Crippen molar-refractivity contribution in [3.8, 4) is 0 Å². The largest absolute Gasteiger partial charge is 0.311 e. The van der Waals surface area contributed by atoms with Crippen LogP contribution in [0.5, 0.6) is 0 Å². The molecule has 0 unspecified atom stereocenters. The first-order valence-corrected chi connectivity index (χ1v) is 6.31. The van der Waals surface area contributed by atoms with Crippen LogP contribution in [-0.2, 0) is 18.9 Å². The van der Waals surface area contributed by atoms with E-state index in [2.05, 4.69) is 15.5 Å². The Kier molecular flexibility index (Phi) is 2.48. The standard InChI is InChI=1S/C13H17N5O/c1-7-12(8(2)17(3)16-7)9-5-11(19)15-13-10(9)6-14-18(13)4/h6,9H,5H2,1-4H3,(H,15,19)/t9-/m1/s1. The lowest BCUT2D eigenvalue weighted by molar-refractivity contribution is -0.116. The molecule has 100 valence electrons. The summed E-state index contributed by atoms with van der Waals surface area (Å²) in [5, 5.41) is 11.6. The van der Waals surface area contributed by atoms with Gasteiger partial charge in [0.2, 0.25) is 5.91 Å². The van der Waals surface area contributed by atoms with Crippen LogP contribution in [0.1, 0.15) is 34.9 Å². The second-order valence-corrected chi connectivity index (χ2v) is 5.09. The average Bonchev–Trinajstić information content (AvgIpc) is 2.82. The molecule has 1 N–H and O–H groups in total. The Morgan fingerprint density at radius 3 is 2.68 bits per heavy atom. The van der Waals surface area contributed by atoms with Crippen LogP contribution in [0.15, 0.2) is 6.20 Å². The second-order valence-electron chi connectivity index (χ2n) is 5.09. The Labute approximate surface area is 111 Å². The summed E-state index contributed by atoms with van der Waals surface area (Å²) in [6.45, 7) is 4.03. The third-order valence-electron chi connectivity index (χ3n) is 3.90. The molecule has 1 atom stereocenters. The molecule has 0 bridgehead atoms. The number of aromatic nitrogens is 4. The van der Waals surface area contributed by atoms with E-state index < -0.39 is 0 Å². The van der Waals surface area contributed by atoms with E-state index >= 15 is 0 Å². The molecule has 2 aromatic heterocycles. The second kappa shape index (κ2) is 3.94. The van der Waals surface area contributed by atoms with Gasteiger partial charge in [-0.1, -0.05) is 0 Å². The number of aryl methyl sites for hydroxylation is 3. The zero-order valence-corrected chi connectivity index (χ0v) is 11.6. The third kappa shape index (κ3) is 1.67. The Balaban J connectivity index is 2.18. The highest BCUT2D eigenvalue weighted by molar-refractivity contribution is 5.94. The predicted molar refractivity (Wildman–Crippen MR) is 71.0 cm³/mol. The Hall–Kier alpha value is -2.11. The Morgan fingerprint density at radius 2 is 2.05 bits per heavy atom. The van der Waals surface area contributed by atoms with Crippen molar-refractivity contribution < 1.29 is 4.79 Å². The summed E-state index contributed by atoms with van der Waals surface area (Å²) in [5.74, 6) is 0.874. The minimum absolute atomic E-state index is 0.0313. The maximum atomic E-state index is 11.9. The smallest absolute Gasteiger partial charge is 0.226 e. The molecule has 6 heteroatoms. The van der Waals surface area contributed by atoms with Crippen molar-refractivity contribution in [1.29, 1.82) is 0 Å². The zero-order chi connectivity index (χ0) is 13.7. The highest BCUT2D eigenvalue weighted by Gasteiger charge is 2.32. The van der Waals surface area contributed by atoms with Gasteiger partial charge in [-0.2, -0.15) is 10.2 Å². The van der Waals surface area contributed by atoms with Crippen LogP contribution in [-0.4, -0.2) is 25.5 Å². The summed E-state index contributed by atoms with van der Waals surface area (Å²) in [6.07, 6.45) is 2.29. The van der Waals surface area contributed by atoms with Crippen LogP contribution in [0.25, 0.3) is 0 Å². The molecule has 0 spiro atoms. The molecule has 0 saturated carbocycles.